The van der Waals surface area contributed by atoms with E-state index in [-0.39, 0.29) is 11.5 Å². The second kappa shape index (κ2) is 8.26. The number of benzene rings is 2. The number of nitrogens with zero attached hydrogens (tertiary/aromatic N) is 4. The Balaban J connectivity index is 1.27. The molecule has 1 amide bonds. The summed E-state index contributed by atoms with van der Waals surface area (Å²) in [5.41, 5.74) is 3.00. The van der Waals surface area contributed by atoms with Gasteiger partial charge in [0, 0.05) is 37.1 Å². The predicted octanol–water partition coefficient (Wildman–Crippen LogP) is 3.52. The monoisotopic (exact) mass is 426 g/mol. The quantitative estimate of drug-likeness (QED) is 0.467. The minimum absolute atomic E-state index is 0.0689. The number of anilines is 1. The molecular weight excluding hydrogens is 404 g/mol. The van der Waals surface area contributed by atoms with E-state index in [1.54, 1.807) is 23.1 Å². The molecule has 1 fully saturated rings. The zero-order chi connectivity index (χ0) is 22.1. The van der Waals surface area contributed by atoms with Crippen LogP contribution >= 0.6 is 0 Å². The fraction of sp³-hybridized carbons (Fsp3) is 0.200. The number of hydrogen-bond donors (Lipinski definition) is 0. The Kier molecular flexibility index (Phi) is 5.15. The molecule has 0 atom stereocenters. The van der Waals surface area contributed by atoms with Gasteiger partial charge in [0.25, 0.3) is 5.91 Å². The maximum Gasteiger partial charge on any atom is 0.349 e. The molecule has 2 aromatic carbocycles. The van der Waals surface area contributed by atoms with Crippen LogP contribution in [-0.2, 0) is 0 Å². The molecule has 0 aliphatic carbocycles. The average Bonchev–Trinajstić information content (AvgIpc) is 2.84. The van der Waals surface area contributed by atoms with Crippen molar-refractivity contribution < 1.29 is 9.21 Å². The van der Waals surface area contributed by atoms with E-state index >= 15 is 0 Å². The molecule has 4 aromatic rings. The number of rotatable bonds is 3. The van der Waals surface area contributed by atoms with Crippen molar-refractivity contribution in [3.05, 3.63) is 88.3 Å². The lowest BCUT2D eigenvalue weighted by atomic mass is 10.1. The van der Waals surface area contributed by atoms with Crippen molar-refractivity contribution in [3.63, 3.8) is 0 Å². The van der Waals surface area contributed by atoms with Crippen LogP contribution in [0.2, 0.25) is 0 Å². The maximum absolute atomic E-state index is 13.0. The lowest BCUT2D eigenvalue weighted by Crippen LogP contribution is -2.49. The first-order valence-corrected chi connectivity index (χ1v) is 10.6. The van der Waals surface area contributed by atoms with E-state index in [0.717, 1.165) is 22.5 Å². The number of amides is 1. The van der Waals surface area contributed by atoms with Crippen molar-refractivity contribution in [2.24, 2.45) is 0 Å². The van der Waals surface area contributed by atoms with Crippen molar-refractivity contribution in [2.75, 3.05) is 31.1 Å². The highest BCUT2D eigenvalue weighted by atomic mass is 16.4. The van der Waals surface area contributed by atoms with Gasteiger partial charge in [-0.05, 0) is 31.2 Å². The van der Waals surface area contributed by atoms with Crippen molar-refractivity contribution in [2.45, 2.75) is 6.92 Å². The van der Waals surface area contributed by atoms with Crippen LogP contribution in [0.3, 0.4) is 0 Å². The first-order valence-electron chi connectivity index (χ1n) is 10.6. The Morgan fingerprint density at radius 2 is 1.66 bits per heavy atom. The van der Waals surface area contributed by atoms with Crippen LogP contribution in [0, 0.1) is 6.92 Å². The van der Waals surface area contributed by atoms with Crippen molar-refractivity contribution in [1.29, 1.82) is 0 Å². The molecule has 2 aromatic heterocycles. The number of fused-ring (bicyclic) bond motifs is 1. The van der Waals surface area contributed by atoms with Crippen LogP contribution in [0.15, 0.2) is 75.9 Å². The molecule has 5 rings (SSSR count). The molecule has 1 saturated heterocycles. The maximum atomic E-state index is 13.0. The zero-order valence-corrected chi connectivity index (χ0v) is 17.7. The summed E-state index contributed by atoms with van der Waals surface area (Å²) in [4.78, 5) is 29.1. The molecule has 0 unspecified atom stereocenters. The van der Waals surface area contributed by atoms with Crippen LogP contribution in [0.4, 0.5) is 5.82 Å². The first-order chi connectivity index (χ1) is 15.6. The van der Waals surface area contributed by atoms with Gasteiger partial charge >= 0.3 is 5.63 Å². The van der Waals surface area contributed by atoms with Crippen LogP contribution in [-0.4, -0.2) is 47.2 Å². The number of hydrogen-bond acceptors (Lipinski definition) is 6. The number of piperazine rings is 1. The van der Waals surface area contributed by atoms with Crippen LogP contribution in [0.5, 0.6) is 0 Å². The van der Waals surface area contributed by atoms with Gasteiger partial charge in [0.15, 0.2) is 5.82 Å². The smallest absolute Gasteiger partial charge is 0.349 e. The van der Waals surface area contributed by atoms with Gasteiger partial charge in [0.05, 0.1) is 5.69 Å². The minimum Gasteiger partial charge on any atom is -0.422 e. The van der Waals surface area contributed by atoms with E-state index in [1.807, 2.05) is 36.4 Å². The molecule has 0 bridgehead atoms. The zero-order valence-electron chi connectivity index (χ0n) is 17.7. The summed E-state index contributed by atoms with van der Waals surface area (Å²) in [6.45, 7) is 4.26. The normalized spacial score (nSPS) is 14.0. The fourth-order valence-electron chi connectivity index (χ4n) is 3.89. The Labute approximate surface area is 184 Å². The molecule has 3 heterocycles. The summed E-state index contributed by atoms with van der Waals surface area (Å²) in [5, 5.41) is 9.49. The second-order valence-electron chi connectivity index (χ2n) is 7.91. The van der Waals surface area contributed by atoms with E-state index in [1.165, 1.54) is 5.56 Å². The lowest BCUT2D eigenvalue weighted by Gasteiger charge is -2.35. The van der Waals surface area contributed by atoms with E-state index in [0.29, 0.717) is 31.8 Å². The van der Waals surface area contributed by atoms with Gasteiger partial charge < -0.3 is 14.2 Å². The Morgan fingerprint density at radius 1 is 0.906 bits per heavy atom. The summed E-state index contributed by atoms with van der Waals surface area (Å²) >= 11 is 0. The molecular formula is C25H22N4O3. The molecule has 0 saturated carbocycles. The van der Waals surface area contributed by atoms with Gasteiger partial charge in [-0.3, -0.25) is 4.79 Å². The van der Waals surface area contributed by atoms with E-state index in [9.17, 15) is 9.59 Å². The third-order valence-corrected chi connectivity index (χ3v) is 5.76. The topological polar surface area (TPSA) is 79.5 Å². The third-order valence-electron chi connectivity index (χ3n) is 5.76. The number of carbonyl (C=O) groups is 1. The predicted molar refractivity (Wildman–Crippen MR) is 123 cm³/mol. The molecule has 7 nitrogen and oxygen atoms in total. The van der Waals surface area contributed by atoms with E-state index in [2.05, 4.69) is 34.2 Å². The Bertz CT molecular complexity index is 1320. The first kappa shape index (κ1) is 19.9. The highest BCUT2D eigenvalue weighted by Crippen LogP contribution is 2.20. The largest absolute Gasteiger partial charge is 0.422 e. The summed E-state index contributed by atoms with van der Waals surface area (Å²) in [5.74, 6) is 0.475. The molecule has 0 spiro atoms. The molecule has 160 valence electrons. The van der Waals surface area contributed by atoms with Crippen LogP contribution in [0.1, 0.15) is 15.9 Å². The summed E-state index contributed by atoms with van der Waals surface area (Å²) in [6, 6.07) is 20.9. The third kappa shape index (κ3) is 3.85. The van der Waals surface area contributed by atoms with Gasteiger partial charge in [-0.15, -0.1) is 10.2 Å². The number of aromatic nitrogens is 2. The summed E-state index contributed by atoms with van der Waals surface area (Å²) < 4.78 is 5.32. The van der Waals surface area contributed by atoms with Crippen LogP contribution in [0.25, 0.3) is 22.2 Å². The lowest BCUT2D eigenvalue weighted by molar-refractivity contribution is 0.0742. The summed E-state index contributed by atoms with van der Waals surface area (Å²) in [7, 11) is 0. The van der Waals surface area contributed by atoms with Gasteiger partial charge in [-0.25, -0.2) is 4.79 Å². The molecule has 32 heavy (non-hydrogen) atoms. The number of aryl methyl sites for hydroxylation is 1. The number of para-hydroxylation sites is 1. The van der Waals surface area contributed by atoms with Gasteiger partial charge in [0.2, 0.25) is 0 Å². The minimum atomic E-state index is -0.603. The highest BCUT2D eigenvalue weighted by molar-refractivity contribution is 5.96. The molecule has 7 heteroatoms. The Hall–Kier alpha value is -4.00. The molecule has 0 N–H and O–H groups in total. The standard InChI is InChI=1S/C25H22N4O3/c1-17-6-8-18(9-7-17)21-10-11-23(27-26-21)28-12-14-29(15-13-28)24(30)20-16-19-4-2-3-5-22(19)32-25(20)31/h2-11,16H,12-15H2,1H3. The highest BCUT2D eigenvalue weighted by Gasteiger charge is 2.25. The number of carbonyl (C=O) groups excluding carboxylic acids is 1. The Morgan fingerprint density at radius 3 is 2.38 bits per heavy atom. The van der Waals surface area contributed by atoms with Gasteiger partial charge in [-0.1, -0.05) is 48.0 Å². The van der Waals surface area contributed by atoms with Crippen molar-refractivity contribution in [3.8, 4) is 11.3 Å². The molecule has 0 radical (unpaired) electrons. The van der Waals surface area contributed by atoms with Crippen molar-refractivity contribution in [1.82, 2.24) is 15.1 Å². The molecule has 1 aliphatic heterocycles. The van der Waals surface area contributed by atoms with Crippen LogP contribution < -0.4 is 10.5 Å². The van der Waals surface area contributed by atoms with Gasteiger partial charge in [0.1, 0.15) is 11.1 Å². The fourth-order valence-corrected chi connectivity index (χ4v) is 3.89. The average molecular weight is 426 g/mol. The van der Waals surface area contributed by atoms with Crippen molar-refractivity contribution >= 4 is 22.7 Å². The van der Waals surface area contributed by atoms with E-state index < -0.39 is 5.63 Å². The van der Waals surface area contributed by atoms with Gasteiger partial charge in [-0.2, -0.15) is 0 Å². The second-order valence-corrected chi connectivity index (χ2v) is 7.91. The van der Waals surface area contributed by atoms with E-state index in [4.69, 9.17) is 4.42 Å². The SMILES string of the molecule is Cc1ccc(-c2ccc(N3CCN(C(=O)c4cc5ccccc5oc4=O)CC3)nn2)cc1. The molecule has 1 aliphatic rings. The summed E-state index contributed by atoms with van der Waals surface area (Å²) in [6.07, 6.45) is 0.